The topological polar surface area (TPSA) is 41.1 Å². The summed E-state index contributed by atoms with van der Waals surface area (Å²) >= 11 is 0. The Morgan fingerprint density at radius 2 is 2.00 bits per heavy atom. The van der Waals surface area contributed by atoms with Crippen LogP contribution < -0.4 is 10.6 Å². The zero-order chi connectivity index (χ0) is 13.7. The molecule has 1 atom stereocenters. The lowest BCUT2D eigenvalue weighted by Crippen LogP contribution is -2.34. The minimum atomic E-state index is -0.691. The maximum Gasteiger partial charge on any atom is 0.224 e. The van der Waals surface area contributed by atoms with E-state index in [0.29, 0.717) is 12.5 Å². The third kappa shape index (κ3) is 4.59. The summed E-state index contributed by atoms with van der Waals surface area (Å²) in [4.78, 5) is 11.7. The number of benzene rings is 1. The van der Waals surface area contributed by atoms with Gasteiger partial charge in [-0.05, 0) is 37.9 Å². The van der Waals surface area contributed by atoms with Gasteiger partial charge in [0, 0.05) is 24.2 Å². The van der Waals surface area contributed by atoms with Gasteiger partial charge in [0.15, 0.2) is 0 Å². The van der Waals surface area contributed by atoms with E-state index in [0.717, 1.165) is 37.6 Å². The van der Waals surface area contributed by atoms with Crippen molar-refractivity contribution in [2.24, 2.45) is 0 Å². The molecule has 0 radical (unpaired) electrons. The van der Waals surface area contributed by atoms with Gasteiger partial charge in [-0.3, -0.25) is 4.79 Å². The van der Waals surface area contributed by atoms with Gasteiger partial charge in [0.25, 0.3) is 0 Å². The number of hydrogen-bond acceptors (Lipinski definition) is 2. The largest absolute Gasteiger partial charge is 0.326 e. The second-order valence-electron chi connectivity index (χ2n) is 4.89. The molecule has 0 aromatic heterocycles. The Morgan fingerprint density at radius 1 is 1.26 bits per heavy atom. The Bertz CT molecular complexity index is 425. The first kappa shape index (κ1) is 13.9. The van der Waals surface area contributed by atoms with Gasteiger partial charge in [0.05, 0.1) is 0 Å². The Kier molecular flexibility index (Phi) is 4.85. The molecule has 0 saturated carbocycles. The maximum absolute atomic E-state index is 13.0. The molecule has 0 spiro atoms. The van der Waals surface area contributed by atoms with Gasteiger partial charge >= 0.3 is 0 Å². The second kappa shape index (κ2) is 6.61. The zero-order valence-corrected chi connectivity index (χ0v) is 10.7. The molecule has 19 heavy (non-hydrogen) atoms. The third-order valence-corrected chi connectivity index (χ3v) is 3.28. The van der Waals surface area contributed by atoms with Crippen LogP contribution in [-0.2, 0) is 4.79 Å². The standard InChI is InChI=1S/C14H18F2N2O/c15-10-7-11(16)9-13(8-10)18-14(19)5-4-12-3-1-2-6-17-12/h7-9,12,17H,1-6H2,(H,18,19). The van der Waals surface area contributed by atoms with Crippen LogP contribution in [0.4, 0.5) is 14.5 Å². The molecule has 2 N–H and O–H groups in total. The number of carbonyl (C=O) groups excluding carboxylic acids is 1. The van der Waals surface area contributed by atoms with Crippen LogP contribution in [0.1, 0.15) is 32.1 Å². The first-order valence-corrected chi connectivity index (χ1v) is 6.63. The van der Waals surface area contributed by atoms with Crippen LogP contribution in [0, 0.1) is 11.6 Å². The highest BCUT2D eigenvalue weighted by Gasteiger charge is 2.14. The van der Waals surface area contributed by atoms with E-state index in [9.17, 15) is 13.6 Å². The van der Waals surface area contributed by atoms with Crippen molar-refractivity contribution in [3.05, 3.63) is 29.8 Å². The monoisotopic (exact) mass is 268 g/mol. The van der Waals surface area contributed by atoms with Gasteiger partial charge in [0.2, 0.25) is 5.91 Å². The molecule has 1 unspecified atom stereocenters. The molecule has 1 fully saturated rings. The summed E-state index contributed by atoms with van der Waals surface area (Å²) in [5.74, 6) is -1.59. The van der Waals surface area contributed by atoms with Gasteiger partial charge < -0.3 is 10.6 Å². The van der Waals surface area contributed by atoms with E-state index in [4.69, 9.17) is 0 Å². The predicted molar refractivity (Wildman–Crippen MR) is 69.9 cm³/mol. The average molecular weight is 268 g/mol. The Morgan fingerprint density at radius 3 is 2.63 bits per heavy atom. The van der Waals surface area contributed by atoms with Crippen molar-refractivity contribution in [3.8, 4) is 0 Å². The summed E-state index contributed by atoms with van der Waals surface area (Å²) in [6, 6.07) is 3.38. The third-order valence-electron chi connectivity index (χ3n) is 3.28. The summed E-state index contributed by atoms with van der Waals surface area (Å²) in [5, 5.41) is 5.87. The Hall–Kier alpha value is -1.49. The second-order valence-corrected chi connectivity index (χ2v) is 4.89. The highest BCUT2D eigenvalue weighted by Crippen LogP contribution is 2.15. The summed E-state index contributed by atoms with van der Waals surface area (Å²) in [6.45, 7) is 1.00. The number of amides is 1. The molecule has 1 aliphatic rings. The quantitative estimate of drug-likeness (QED) is 0.881. The van der Waals surface area contributed by atoms with Gasteiger partial charge in [-0.2, -0.15) is 0 Å². The number of nitrogens with one attached hydrogen (secondary N) is 2. The molecule has 1 aromatic carbocycles. The van der Waals surface area contributed by atoms with Gasteiger partial charge in [-0.15, -0.1) is 0 Å². The molecule has 1 aromatic rings. The normalized spacial score (nSPS) is 19.2. The molecule has 0 bridgehead atoms. The number of hydrogen-bond donors (Lipinski definition) is 2. The average Bonchev–Trinajstić information content (AvgIpc) is 2.36. The van der Waals surface area contributed by atoms with Gasteiger partial charge in [-0.25, -0.2) is 8.78 Å². The minimum absolute atomic E-state index is 0.166. The highest BCUT2D eigenvalue weighted by atomic mass is 19.1. The van der Waals surface area contributed by atoms with Crippen LogP contribution in [0.25, 0.3) is 0 Å². The first-order chi connectivity index (χ1) is 9.13. The van der Waals surface area contributed by atoms with Crippen molar-refractivity contribution >= 4 is 11.6 Å². The highest BCUT2D eigenvalue weighted by molar-refractivity contribution is 5.90. The lowest BCUT2D eigenvalue weighted by atomic mass is 10.0. The zero-order valence-electron chi connectivity index (χ0n) is 10.7. The van der Waals surface area contributed by atoms with Crippen LogP contribution in [0.5, 0.6) is 0 Å². The van der Waals surface area contributed by atoms with E-state index in [1.807, 2.05) is 0 Å². The van der Waals surface area contributed by atoms with Crippen molar-refractivity contribution in [1.82, 2.24) is 5.32 Å². The molecular formula is C14H18F2N2O. The number of halogens is 2. The summed E-state index contributed by atoms with van der Waals surface area (Å²) in [7, 11) is 0. The van der Waals surface area contributed by atoms with E-state index in [2.05, 4.69) is 10.6 Å². The van der Waals surface area contributed by atoms with Crippen LogP contribution in [0.15, 0.2) is 18.2 Å². The van der Waals surface area contributed by atoms with E-state index >= 15 is 0 Å². The molecule has 3 nitrogen and oxygen atoms in total. The van der Waals surface area contributed by atoms with Crippen molar-refractivity contribution in [1.29, 1.82) is 0 Å². The molecule has 0 aliphatic carbocycles. The van der Waals surface area contributed by atoms with Gasteiger partial charge in [0.1, 0.15) is 11.6 Å². The fraction of sp³-hybridized carbons (Fsp3) is 0.500. The molecular weight excluding hydrogens is 250 g/mol. The summed E-state index contributed by atoms with van der Waals surface area (Å²) in [6.07, 6.45) is 4.57. The van der Waals surface area contributed by atoms with Crippen LogP contribution >= 0.6 is 0 Å². The number of rotatable bonds is 4. The smallest absolute Gasteiger partial charge is 0.224 e. The van der Waals surface area contributed by atoms with E-state index in [-0.39, 0.29) is 11.6 Å². The van der Waals surface area contributed by atoms with E-state index in [1.165, 1.54) is 12.8 Å². The lowest BCUT2D eigenvalue weighted by molar-refractivity contribution is -0.116. The van der Waals surface area contributed by atoms with Crippen molar-refractivity contribution in [3.63, 3.8) is 0 Å². The fourth-order valence-electron chi connectivity index (χ4n) is 2.33. The van der Waals surface area contributed by atoms with Crippen LogP contribution in [0.2, 0.25) is 0 Å². The Balaban J connectivity index is 1.80. The molecule has 104 valence electrons. The SMILES string of the molecule is O=C(CCC1CCCCN1)Nc1cc(F)cc(F)c1. The molecule has 1 heterocycles. The molecule has 5 heteroatoms. The van der Waals surface area contributed by atoms with Crippen LogP contribution in [-0.4, -0.2) is 18.5 Å². The van der Waals surface area contributed by atoms with E-state index < -0.39 is 11.6 Å². The summed E-state index contributed by atoms with van der Waals surface area (Å²) in [5.41, 5.74) is 0.166. The lowest BCUT2D eigenvalue weighted by Gasteiger charge is -2.23. The van der Waals surface area contributed by atoms with Crippen LogP contribution in [0.3, 0.4) is 0 Å². The molecule has 1 aliphatic heterocycles. The van der Waals surface area contributed by atoms with Crippen molar-refractivity contribution in [2.75, 3.05) is 11.9 Å². The van der Waals surface area contributed by atoms with Crippen molar-refractivity contribution in [2.45, 2.75) is 38.1 Å². The molecule has 1 saturated heterocycles. The summed E-state index contributed by atoms with van der Waals surface area (Å²) < 4.78 is 25.9. The van der Waals surface area contributed by atoms with Gasteiger partial charge in [-0.1, -0.05) is 6.42 Å². The first-order valence-electron chi connectivity index (χ1n) is 6.63. The predicted octanol–water partition coefficient (Wildman–Crippen LogP) is 2.83. The fourth-order valence-corrected chi connectivity index (χ4v) is 2.33. The maximum atomic E-state index is 13.0. The van der Waals surface area contributed by atoms with E-state index in [1.54, 1.807) is 0 Å². The molecule has 2 rings (SSSR count). The number of carbonyl (C=O) groups is 1. The number of piperidine rings is 1. The Labute approximate surface area is 111 Å². The molecule has 1 amide bonds. The minimum Gasteiger partial charge on any atom is -0.326 e. The number of anilines is 1. The van der Waals surface area contributed by atoms with Crippen molar-refractivity contribution < 1.29 is 13.6 Å².